The maximum absolute atomic E-state index is 12.2. The second-order valence-corrected chi connectivity index (χ2v) is 19.8. The van der Waals surface area contributed by atoms with Crippen LogP contribution in [0.4, 0.5) is 9.59 Å². The lowest BCUT2D eigenvalue weighted by Crippen LogP contribution is -2.49. The van der Waals surface area contributed by atoms with Gasteiger partial charge in [0.1, 0.15) is 11.2 Å². The van der Waals surface area contributed by atoms with Gasteiger partial charge in [0.25, 0.3) is 10.2 Å². The second kappa shape index (κ2) is 23.8. The van der Waals surface area contributed by atoms with Crippen LogP contribution < -0.4 is 24.6 Å². The number of halogens is 1. The highest BCUT2D eigenvalue weighted by molar-refractivity contribution is 8.37. The van der Waals surface area contributed by atoms with Gasteiger partial charge in [-0.1, -0.05) is 42.5 Å². The smallest absolute Gasteiger partial charge is 0.422 e. The molecule has 2 amide bonds. The van der Waals surface area contributed by atoms with Crippen LogP contribution in [-0.4, -0.2) is 84.4 Å². The average Bonchev–Trinajstić information content (AvgIpc) is 2.90. The lowest BCUT2D eigenvalue weighted by Gasteiger charge is -2.40. The van der Waals surface area contributed by atoms with Gasteiger partial charge >= 0.3 is 22.4 Å². The van der Waals surface area contributed by atoms with E-state index in [0.717, 1.165) is 47.7 Å². The zero-order chi connectivity index (χ0) is 36.9. The Morgan fingerprint density at radius 1 is 0.780 bits per heavy atom. The number of nitrogens with two attached hydrogens (primary N) is 1. The first-order chi connectivity index (χ1) is 21.1. The highest BCUT2D eigenvalue weighted by Crippen LogP contribution is 2.35. The van der Waals surface area contributed by atoms with E-state index in [1.54, 1.807) is 25.7 Å². The molecule has 6 N–H and O–H groups in total. The number of hydrogen-bond donors (Lipinski definition) is 5. The molecule has 0 aromatic heterocycles. The van der Waals surface area contributed by atoms with E-state index in [1.807, 2.05) is 39.3 Å². The van der Waals surface area contributed by atoms with E-state index in [0.29, 0.717) is 25.6 Å². The van der Waals surface area contributed by atoms with Crippen LogP contribution in [0.15, 0.2) is 0 Å². The van der Waals surface area contributed by atoms with Gasteiger partial charge in [-0.05, 0) is 103 Å². The van der Waals surface area contributed by atoms with Crippen molar-refractivity contribution in [1.82, 2.24) is 24.4 Å². The summed E-state index contributed by atoms with van der Waals surface area (Å²) in [4.78, 5) is 25.6. The summed E-state index contributed by atoms with van der Waals surface area (Å²) in [6.45, 7) is 22.3. The van der Waals surface area contributed by atoms with Crippen molar-refractivity contribution in [3.8, 4) is 0 Å². The van der Waals surface area contributed by atoms with Gasteiger partial charge in [-0.15, -0.1) is 12.4 Å². The molecule has 0 bridgehead atoms. The van der Waals surface area contributed by atoms with Crippen molar-refractivity contribution in [1.29, 1.82) is 0 Å². The minimum Gasteiger partial charge on any atom is -0.444 e. The number of piperidine rings is 2. The monoisotopic (exact) mass is 834 g/mol. The summed E-state index contributed by atoms with van der Waals surface area (Å²) in [6, 6.07) is 0. The highest BCUT2D eigenvalue weighted by Gasteiger charge is 2.36. The Balaban J connectivity index is -0.000000426. The maximum atomic E-state index is 12.2. The van der Waals surface area contributed by atoms with Crippen molar-refractivity contribution >= 4 is 76.3 Å². The predicted molar refractivity (Wildman–Crippen MR) is 214 cm³/mol. The Hall–Kier alpha value is -0.770. The minimum absolute atomic E-state index is 0. The van der Waals surface area contributed by atoms with Crippen molar-refractivity contribution in [2.75, 3.05) is 39.3 Å². The Morgan fingerprint density at radius 2 is 1.16 bits per heavy atom. The van der Waals surface area contributed by atoms with Crippen LogP contribution >= 0.6 is 12.4 Å². The van der Waals surface area contributed by atoms with Crippen LogP contribution in [0.2, 0.25) is 0 Å². The van der Waals surface area contributed by atoms with Gasteiger partial charge in [0.05, 0.1) is 0 Å². The summed E-state index contributed by atoms with van der Waals surface area (Å²) >= 11 is 8.25. The van der Waals surface area contributed by atoms with E-state index >= 15 is 0 Å². The summed E-state index contributed by atoms with van der Waals surface area (Å²) in [6.07, 6.45) is 2.34. The molecular weight excluding hydrogens is 768 g/mol. The topological polar surface area (TPSA) is 198 Å². The Kier molecular flexibility index (Phi) is 26.6. The third-order valence-electron chi connectivity index (χ3n) is 7.76. The van der Waals surface area contributed by atoms with Crippen LogP contribution in [0.3, 0.4) is 0 Å². The third kappa shape index (κ3) is 26.1. The molecule has 0 unspecified atom stereocenters. The number of nitrogens with one attached hydrogen (secondary N) is 4. The van der Waals surface area contributed by atoms with E-state index in [4.69, 9.17) is 14.6 Å². The number of amides is 2. The standard InChI is InChI=1S/C19H37N3O6S.C9H21N3O2S.2CH4.ClH.S3/c1-17(2,3)27-15(23)21-29(25,26)20-13-19(7,8)14-9-11-22(12-10-14)16(24)28-18(4,5)6;1-9(2,7-12-15(10,13)14)8-3-5-11-6-4-8;;;;1-3-2/h14,20H,9-13H2,1-8H3,(H,21,23);8,11-12H,3-7H2,1-2H3,(H2,10,13,14);2*1H4;1H;. The fraction of sp³-hybridized carbons (Fsp3) is 0.933. The number of rotatable bonds is 9. The number of ether oxygens (including phenoxy) is 2. The molecule has 2 aliphatic rings. The zero-order valence-electron chi connectivity index (χ0n) is 30.0. The van der Waals surface area contributed by atoms with Crippen LogP contribution in [-0.2, 0) is 61.1 Å². The summed E-state index contributed by atoms with van der Waals surface area (Å²) in [5.74, 6) is 0.762. The summed E-state index contributed by atoms with van der Waals surface area (Å²) < 4.78 is 63.0. The highest BCUT2D eigenvalue weighted by atomic mass is 35.5. The van der Waals surface area contributed by atoms with Crippen molar-refractivity contribution in [3.05, 3.63) is 0 Å². The fourth-order valence-corrected chi connectivity index (χ4v) is 6.54. The maximum Gasteiger partial charge on any atom is 0.422 e. The molecule has 0 atom stereocenters. The molecule has 0 saturated carbocycles. The summed E-state index contributed by atoms with van der Waals surface area (Å²) in [7, 11) is -6.67. The van der Waals surface area contributed by atoms with E-state index in [9.17, 15) is 26.4 Å². The van der Waals surface area contributed by atoms with Crippen molar-refractivity contribution in [3.63, 3.8) is 0 Å². The SMILES string of the molecule is C.C.CC(C)(C)OC(=O)NS(=O)(=O)NCC(C)(C)C1CCN(C(=O)OC(C)(C)C)CC1.CC(C)(CNS(N)(=O)=O)C1CCNCC1.Cl.S=S=S. The molecule has 302 valence electrons. The Bertz CT molecular complexity index is 1250. The normalized spacial score (nSPS) is 16.3. The average molecular weight is 836 g/mol. The molecule has 2 fully saturated rings. The zero-order valence-corrected chi connectivity index (χ0v) is 34.9. The number of carbonyl (C=O) groups excluding carboxylic acids is 2. The first-order valence-corrected chi connectivity index (χ1v) is 21.2. The lowest BCUT2D eigenvalue weighted by molar-refractivity contribution is 0.0121. The van der Waals surface area contributed by atoms with E-state index < -0.39 is 37.7 Å². The van der Waals surface area contributed by atoms with Crippen LogP contribution in [0.1, 0.15) is 110 Å². The van der Waals surface area contributed by atoms with Gasteiger partial charge in [-0.3, -0.25) is 0 Å². The summed E-state index contributed by atoms with van der Waals surface area (Å²) in [5, 5.41) is 8.22. The van der Waals surface area contributed by atoms with Gasteiger partial charge in [-0.2, -0.15) is 21.6 Å². The minimum atomic E-state index is -4.03. The largest absolute Gasteiger partial charge is 0.444 e. The molecule has 2 heterocycles. The Morgan fingerprint density at radius 3 is 1.54 bits per heavy atom. The van der Waals surface area contributed by atoms with E-state index in [-0.39, 0.29) is 56.6 Å². The number of nitrogens with zero attached hydrogens (tertiary/aromatic N) is 1. The van der Waals surface area contributed by atoms with Gasteiger partial charge in [0.15, 0.2) is 0 Å². The molecular formula is C30H67ClN6O8S5. The van der Waals surface area contributed by atoms with E-state index in [2.05, 4.69) is 51.0 Å². The number of hydrogen-bond acceptors (Lipinski definition) is 11. The first-order valence-electron chi connectivity index (χ1n) is 15.5. The molecule has 0 aliphatic carbocycles. The molecule has 14 nitrogen and oxygen atoms in total. The van der Waals surface area contributed by atoms with Gasteiger partial charge in [-0.25, -0.2) is 24.2 Å². The van der Waals surface area contributed by atoms with Crippen molar-refractivity contribution in [2.45, 2.75) is 121 Å². The molecule has 0 radical (unpaired) electrons. The van der Waals surface area contributed by atoms with Gasteiger partial charge in [0.2, 0.25) is 0 Å². The predicted octanol–water partition coefficient (Wildman–Crippen LogP) is 4.51. The van der Waals surface area contributed by atoms with Crippen LogP contribution in [0, 0.1) is 22.7 Å². The van der Waals surface area contributed by atoms with Crippen LogP contribution in [0.5, 0.6) is 0 Å². The third-order valence-corrected chi connectivity index (χ3v) is 9.27. The molecule has 0 aromatic rings. The van der Waals surface area contributed by atoms with Crippen molar-refractivity contribution < 1.29 is 35.9 Å². The fourth-order valence-electron chi connectivity index (χ4n) is 5.07. The molecule has 0 aromatic carbocycles. The first kappa shape index (κ1) is 56.0. The second-order valence-electron chi connectivity index (χ2n) is 15.1. The Labute approximate surface area is 322 Å². The van der Waals surface area contributed by atoms with Crippen molar-refractivity contribution in [2.24, 2.45) is 27.8 Å². The molecule has 2 aliphatic heterocycles. The quantitative estimate of drug-likeness (QED) is 0.219. The number of carbonyl (C=O) groups is 2. The lowest BCUT2D eigenvalue weighted by atomic mass is 9.74. The molecule has 20 heteroatoms. The van der Waals surface area contributed by atoms with E-state index in [1.165, 1.54) is 0 Å². The summed E-state index contributed by atoms with van der Waals surface area (Å²) in [5.41, 5.74) is -1.72. The molecule has 2 saturated heterocycles. The van der Waals surface area contributed by atoms with Gasteiger partial charge < -0.3 is 19.7 Å². The molecule has 50 heavy (non-hydrogen) atoms. The number of likely N-dealkylation sites (tertiary alicyclic amines) is 1. The molecule has 2 rings (SSSR count). The van der Waals surface area contributed by atoms with Crippen LogP contribution in [0.25, 0.3) is 0 Å². The molecule has 0 spiro atoms. The van der Waals surface area contributed by atoms with Gasteiger partial charge in [0, 0.05) is 57.4 Å².